The topological polar surface area (TPSA) is 544 Å². The van der Waals surface area contributed by atoms with Gasteiger partial charge in [0.05, 0.1) is 75.9 Å². The SMILES string of the molecule is CC(C)OP1(=O)OC[C@H]2O[C@@H](n3cc(F)c(=O)[nH]c3=O)[C@](F)(Cl)[C@@H]2O1.CC(C)OP1(=O)OC[C@H]2O[C@@H](n3ccc(=O)[nH]c3=O)[C@](F)(Cl)[C@@H]2O1.CC(C)O[P@@]1(=O)OC[C@H]2O[C@@H](n3cc(F)c(=O)[nH]c3=O)[C@](F)(Cl)[C@@H]2O1.CC(C)O[P@@]1(=O)OC[C@H]2O[C@@H](n3ccc(=O)[nH]c3=O)[C@](F)(Cl)[C@@H]2O1.CC(C)O[P@]1(=O)OC[C@H]2O[C@@H](n3ccc(=O)[nH]c3=O)[C@](F)(Cl)[C@@H]2O1. The van der Waals surface area contributed by atoms with E-state index in [4.69, 9.17) is 150 Å². The van der Waals surface area contributed by atoms with Gasteiger partial charge in [-0.05, 0) is 69.2 Å². The van der Waals surface area contributed by atoms with Crippen LogP contribution in [0.1, 0.15) is 100 Å². The molecule has 45 nitrogen and oxygen atoms in total. The fourth-order valence-corrected chi connectivity index (χ4v) is 22.4. The zero-order valence-electron chi connectivity index (χ0n) is 64.0. The van der Waals surface area contributed by atoms with E-state index in [1.165, 1.54) is 0 Å². The van der Waals surface area contributed by atoms with Crippen LogP contribution in [0.3, 0.4) is 0 Å². The van der Waals surface area contributed by atoms with Crippen LogP contribution >= 0.6 is 97.1 Å². The molecule has 0 bridgehead atoms. The number of ether oxygens (including phenoxy) is 5. The smallest absolute Gasteiger partial charge is 0.344 e. The predicted octanol–water partition coefficient (Wildman–Crippen LogP) is 6.71. The lowest BCUT2D eigenvalue weighted by molar-refractivity contribution is -0.0751. The highest BCUT2D eigenvalue weighted by Gasteiger charge is 2.69. The number of alkyl halides is 10. The molecule has 0 saturated carbocycles. The van der Waals surface area contributed by atoms with Crippen LogP contribution in [-0.4, -0.2) is 198 Å². The maximum Gasteiger partial charge on any atom is 0.475 e. The molecule has 15 rings (SSSR count). The summed E-state index contributed by atoms with van der Waals surface area (Å²) in [5, 5.41) is -14.0. The molecular formula is C60H73Cl5F7N10O35P5. The number of nitrogens with zero attached hydrogens (tertiary/aromatic N) is 5. The molecule has 0 aromatic carbocycles. The Morgan fingerprint density at radius 2 is 0.516 bits per heavy atom. The number of aromatic amines is 5. The number of aromatic nitrogens is 10. The summed E-state index contributed by atoms with van der Waals surface area (Å²) in [6, 6.07) is 3.05. The second kappa shape index (κ2) is 36.7. The monoisotopic (exact) mass is 1960 g/mol. The van der Waals surface area contributed by atoms with Gasteiger partial charge in [-0.15, -0.1) is 0 Å². The van der Waals surface area contributed by atoms with Gasteiger partial charge in [-0.25, -0.2) is 68.8 Å². The number of rotatable bonds is 15. The summed E-state index contributed by atoms with van der Waals surface area (Å²) in [6.45, 7) is 14.3. The van der Waals surface area contributed by atoms with Gasteiger partial charge in [-0.2, -0.15) is 8.78 Å². The van der Waals surface area contributed by atoms with E-state index < -0.39 is 255 Å². The molecule has 0 spiro atoms. The van der Waals surface area contributed by atoms with Crippen LogP contribution in [0.4, 0.5) is 30.7 Å². The van der Waals surface area contributed by atoms with E-state index in [-0.39, 0.29) is 33.0 Å². The van der Waals surface area contributed by atoms with E-state index in [1.54, 1.807) is 79.2 Å². The Bertz CT molecular complexity index is 5170. The van der Waals surface area contributed by atoms with Crippen molar-refractivity contribution >= 4 is 97.1 Å². The maximum absolute atomic E-state index is 15.1. The van der Waals surface area contributed by atoms with Crippen molar-refractivity contribution in [3.63, 3.8) is 0 Å². The molecule has 682 valence electrons. The summed E-state index contributed by atoms with van der Waals surface area (Å²) >= 11 is 29.4. The van der Waals surface area contributed by atoms with E-state index in [0.717, 1.165) is 50.5 Å². The maximum atomic E-state index is 15.1. The summed E-state index contributed by atoms with van der Waals surface area (Å²) in [5.41, 5.74) is -9.50. The molecule has 10 aliphatic rings. The van der Waals surface area contributed by atoms with Crippen molar-refractivity contribution in [2.45, 2.75) is 218 Å². The van der Waals surface area contributed by atoms with Gasteiger partial charge < -0.3 is 23.7 Å². The standard InChI is InChI=1S/2C12H14ClF2N2O7P.3C12H15ClFN2O7P/c2*1-5(2)23-25(20)21-4-7-8(24-25)12(13,15)10(22-7)17-3-6(14)9(18)16-11(17)19;3*1-6(2)22-24(19)20-5-7-9(23-24)12(13,14)10(21-7)16-4-3-8(17)15-11(16)18/h2*3,5,7-8,10H,4H2,1-2H3,(H,16,18,19);3*3-4,6-7,9-10H,5H2,1-2H3,(H,15,17,18)/t7-,8-,10-,12+,25?;7-,8-,10-,12+,25-;7-,9-,10-,12+,24?;7-,9-,10-,12+,24+;7-,9-,10-,12+,24-/m11111/s1. The molecule has 25 atom stereocenters. The number of hydrogen-bond acceptors (Lipinski definition) is 35. The quantitative estimate of drug-likeness (QED) is 0.0412. The Morgan fingerprint density at radius 3 is 0.697 bits per heavy atom. The predicted molar refractivity (Wildman–Crippen MR) is 398 cm³/mol. The number of phosphoric acid groups is 5. The van der Waals surface area contributed by atoms with Crippen LogP contribution < -0.4 is 56.2 Å². The van der Waals surface area contributed by atoms with Crippen LogP contribution in [0.2, 0.25) is 0 Å². The Hall–Kier alpha value is -5.29. The largest absolute Gasteiger partial charge is 0.475 e. The number of nitrogens with one attached hydrogen (secondary N) is 5. The summed E-state index contributed by atoms with van der Waals surface area (Å²) in [4.78, 5) is 124. The minimum Gasteiger partial charge on any atom is -0.344 e. The van der Waals surface area contributed by atoms with Gasteiger partial charge in [0.25, 0.3) is 53.4 Å². The highest BCUT2D eigenvalue weighted by atomic mass is 35.5. The summed E-state index contributed by atoms with van der Waals surface area (Å²) in [6.07, 6.45) is -20.0. The number of hydrogen-bond donors (Lipinski definition) is 5. The van der Waals surface area contributed by atoms with Gasteiger partial charge in [-0.3, -0.25) is 140 Å². The molecule has 0 aliphatic carbocycles. The van der Waals surface area contributed by atoms with Gasteiger partial charge in [-0.1, -0.05) is 58.0 Å². The van der Waals surface area contributed by atoms with Gasteiger partial charge in [0, 0.05) is 36.8 Å². The number of phosphoric ester groups is 5. The Balaban J connectivity index is 0.000000149. The Labute approximate surface area is 702 Å². The van der Waals surface area contributed by atoms with E-state index in [2.05, 4.69) is 0 Å². The van der Waals surface area contributed by atoms with E-state index in [0.29, 0.717) is 21.5 Å². The fraction of sp³-hybridized carbons (Fsp3) is 0.667. The average Bonchev–Trinajstić information content (AvgIpc) is 1.61. The normalized spacial score (nSPS) is 38.7. The van der Waals surface area contributed by atoms with E-state index in [9.17, 15) is 79.6 Å². The summed E-state index contributed by atoms with van der Waals surface area (Å²) < 4.78 is 270. The lowest BCUT2D eigenvalue weighted by Crippen LogP contribution is -2.45. The third kappa shape index (κ3) is 21.0. The first-order valence-corrected chi connectivity index (χ1v) is 44.8. The zero-order valence-corrected chi connectivity index (χ0v) is 72.2. The lowest BCUT2D eigenvalue weighted by atomic mass is 10.1. The zero-order chi connectivity index (χ0) is 90.2. The Kier molecular flexibility index (Phi) is 29.3. The van der Waals surface area contributed by atoms with Crippen molar-refractivity contribution in [1.82, 2.24) is 47.8 Å². The van der Waals surface area contributed by atoms with Crippen LogP contribution in [0.5, 0.6) is 0 Å². The first-order chi connectivity index (χ1) is 56.4. The molecule has 10 saturated heterocycles. The van der Waals surface area contributed by atoms with Crippen LogP contribution in [0, 0.1) is 11.6 Å². The molecule has 5 N–H and O–H groups in total. The lowest BCUT2D eigenvalue weighted by Gasteiger charge is -2.33. The summed E-state index contributed by atoms with van der Waals surface area (Å²) in [5.74, 6) is -2.67. The van der Waals surface area contributed by atoms with Crippen molar-refractivity contribution in [3.8, 4) is 0 Å². The molecule has 5 aromatic rings. The fourth-order valence-electron chi connectivity index (χ4n) is 12.5. The number of H-pyrrole nitrogens is 5. The molecule has 2 unspecified atom stereocenters. The first kappa shape index (κ1) is 97.3. The van der Waals surface area contributed by atoms with Crippen LogP contribution in [0.15, 0.2) is 97.1 Å². The minimum atomic E-state index is -4.09. The molecule has 62 heteroatoms. The molecule has 122 heavy (non-hydrogen) atoms. The summed E-state index contributed by atoms with van der Waals surface area (Å²) in [7, 11) is -20.2. The van der Waals surface area contributed by atoms with E-state index in [1.807, 2.05) is 15.0 Å². The van der Waals surface area contributed by atoms with Crippen molar-refractivity contribution in [3.05, 3.63) is 165 Å². The second-order valence-electron chi connectivity index (χ2n) is 28.5. The van der Waals surface area contributed by atoms with Crippen LogP contribution in [-0.2, 0) is 114 Å². The van der Waals surface area contributed by atoms with Crippen molar-refractivity contribution in [1.29, 1.82) is 0 Å². The van der Waals surface area contributed by atoms with Gasteiger partial charge >= 0.3 is 67.6 Å². The van der Waals surface area contributed by atoms with Crippen LogP contribution in [0.25, 0.3) is 0 Å². The number of halogens is 12. The average molecular weight is 1960 g/mol. The highest BCUT2D eigenvalue weighted by molar-refractivity contribution is 7.49. The van der Waals surface area contributed by atoms with Crippen molar-refractivity contribution < 1.29 is 145 Å². The third-order valence-electron chi connectivity index (χ3n) is 17.3. The number of fused-ring (bicyclic) bond motifs is 5. The highest BCUT2D eigenvalue weighted by Crippen LogP contribution is 2.66. The van der Waals surface area contributed by atoms with Gasteiger partial charge in [0.15, 0.2) is 61.7 Å². The molecule has 0 amide bonds. The molecular weight excluding hydrogens is 1890 g/mol. The second-order valence-corrected chi connectivity index (χ2v) is 39.2. The minimum absolute atomic E-state index is 0.290. The molecule has 15 heterocycles. The van der Waals surface area contributed by atoms with Crippen molar-refractivity contribution in [2.24, 2.45) is 0 Å². The molecule has 10 aliphatic heterocycles. The third-order valence-corrected chi connectivity index (χ3v) is 27.5. The first-order valence-electron chi connectivity index (χ1n) is 35.6. The molecule has 10 fully saturated rings. The Morgan fingerprint density at radius 1 is 0.336 bits per heavy atom. The molecule has 5 aromatic heterocycles. The van der Waals surface area contributed by atoms with Crippen molar-refractivity contribution in [2.75, 3.05) is 33.0 Å². The van der Waals surface area contributed by atoms with Gasteiger partial charge in [0.1, 0.15) is 30.5 Å². The van der Waals surface area contributed by atoms with E-state index >= 15 is 22.0 Å². The van der Waals surface area contributed by atoms with Gasteiger partial charge in [0.2, 0.25) is 11.6 Å². The molecule has 0 radical (unpaired) electrons.